The van der Waals surface area contributed by atoms with Crippen LogP contribution < -0.4 is 0 Å². The van der Waals surface area contributed by atoms with E-state index in [1.807, 2.05) is 18.4 Å². The molecule has 1 saturated heterocycles. The molecule has 14 heavy (non-hydrogen) atoms. The van der Waals surface area contributed by atoms with E-state index < -0.39 is 5.41 Å². The summed E-state index contributed by atoms with van der Waals surface area (Å²) in [6.07, 6.45) is 0. The second kappa shape index (κ2) is 3.37. The van der Waals surface area contributed by atoms with Crippen molar-refractivity contribution >= 4 is 17.3 Å². The van der Waals surface area contributed by atoms with Crippen LogP contribution in [0.25, 0.3) is 0 Å². The Hall–Kier alpha value is -0.870. The van der Waals surface area contributed by atoms with Gasteiger partial charge in [0.2, 0.25) is 0 Å². The van der Waals surface area contributed by atoms with Crippen LogP contribution in [0.4, 0.5) is 0 Å². The molecule has 1 aromatic rings. The molecule has 1 fully saturated rings. The summed E-state index contributed by atoms with van der Waals surface area (Å²) in [5.74, 6) is -0.186. The molecule has 0 spiro atoms. The first kappa shape index (κ1) is 9.68. The first-order valence-electron chi connectivity index (χ1n) is 4.41. The average Bonchev–Trinajstić information content (AvgIpc) is 2.51. The maximum Gasteiger partial charge on any atom is 0.321 e. The molecule has 1 aromatic heterocycles. The molecule has 0 aromatic carbocycles. The van der Waals surface area contributed by atoms with Gasteiger partial charge in [-0.05, 0) is 23.9 Å². The molecule has 0 atom stereocenters. The van der Waals surface area contributed by atoms with Gasteiger partial charge in [-0.25, -0.2) is 0 Å². The molecule has 1 aliphatic heterocycles. The van der Waals surface area contributed by atoms with Crippen molar-refractivity contribution < 1.29 is 14.3 Å². The van der Waals surface area contributed by atoms with E-state index in [9.17, 15) is 4.79 Å². The fourth-order valence-corrected chi connectivity index (χ4v) is 2.80. The van der Waals surface area contributed by atoms with Crippen molar-refractivity contribution in [3.8, 4) is 0 Å². The number of carbonyl (C=O) groups excluding carboxylic acids is 1. The van der Waals surface area contributed by atoms with Crippen molar-refractivity contribution in [3.05, 3.63) is 21.9 Å². The number of methoxy groups -OCH3 is 1. The van der Waals surface area contributed by atoms with Crippen molar-refractivity contribution in [3.63, 3.8) is 0 Å². The van der Waals surface area contributed by atoms with Crippen LogP contribution in [0.2, 0.25) is 0 Å². The Balaban J connectivity index is 2.38. The van der Waals surface area contributed by atoms with Crippen LogP contribution in [0.5, 0.6) is 0 Å². The van der Waals surface area contributed by atoms with Gasteiger partial charge in [-0.1, -0.05) is 0 Å². The SMILES string of the molecule is COC(=O)C1(c2sccc2C)COC1. The van der Waals surface area contributed by atoms with E-state index in [-0.39, 0.29) is 5.97 Å². The van der Waals surface area contributed by atoms with Crippen molar-refractivity contribution in [1.82, 2.24) is 0 Å². The van der Waals surface area contributed by atoms with Gasteiger partial charge in [0.05, 0.1) is 20.3 Å². The van der Waals surface area contributed by atoms with Gasteiger partial charge in [0.15, 0.2) is 0 Å². The van der Waals surface area contributed by atoms with Crippen molar-refractivity contribution in [2.24, 2.45) is 0 Å². The summed E-state index contributed by atoms with van der Waals surface area (Å²) >= 11 is 1.60. The molecule has 0 saturated carbocycles. The highest BCUT2D eigenvalue weighted by atomic mass is 32.1. The van der Waals surface area contributed by atoms with Crippen molar-refractivity contribution in [1.29, 1.82) is 0 Å². The molecule has 0 N–H and O–H groups in total. The van der Waals surface area contributed by atoms with Crippen LogP contribution in [0.15, 0.2) is 11.4 Å². The zero-order chi connectivity index (χ0) is 10.2. The van der Waals surface area contributed by atoms with Crippen molar-refractivity contribution in [2.75, 3.05) is 20.3 Å². The largest absolute Gasteiger partial charge is 0.468 e. The highest BCUT2D eigenvalue weighted by molar-refractivity contribution is 7.10. The molecule has 0 unspecified atom stereocenters. The molecular formula is C10H12O3S. The van der Waals surface area contributed by atoms with Gasteiger partial charge in [-0.15, -0.1) is 11.3 Å². The standard InChI is InChI=1S/C10H12O3S/c1-7-3-4-14-8(7)10(5-13-6-10)9(11)12-2/h3-4H,5-6H2,1-2H3. The fraction of sp³-hybridized carbons (Fsp3) is 0.500. The van der Waals surface area contributed by atoms with E-state index >= 15 is 0 Å². The van der Waals surface area contributed by atoms with E-state index in [4.69, 9.17) is 9.47 Å². The summed E-state index contributed by atoms with van der Waals surface area (Å²) in [4.78, 5) is 12.8. The van der Waals surface area contributed by atoms with E-state index in [1.54, 1.807) is 11.3 Å². The average molecular weight is 212 g/mol. The van der Waals surface area contributed by atoms with Crippen LogP contribution in [-0.4, -0.2) is 26.3 Å². The monoisotopic (exact) mass is 212 g/mol. The molecule has 0 amide bonds. The first-order chi connectivity index (χ1) is 6.70. The molecule has 0 radical (unpaired) electrons. The van der Waals surface area contributed by atoms with Gasteiger partial charge in [-0.3, -0.25) is 4.79 Å². The molecule has 0 bridgehead atoms. The zero-order valence-electron chi connectivity index (χ0n) is 8.20. The Bertz CT molecular complexity index is 352. The molecule has 0 aliphatic carbocycles. The maximum atomic E-state index is 11.7. The molecular weight excluding hydrogens is 200 g/mol. The summed E-state index contributed by atoms with van der Waals surface area (Å²) in [6, 6.07) is 2.02. The van der Waals surface area contributed by atoms with Gasteiger partial charge in [0, 0.05) is 4.88 Å². The van der Waals surface area contributed by atoms with E-state index in [0.29, 0.717) is 13.2 Å². The number of aryl methyl sites for hydroxylation is 1. The summed E-state index contributed by atoms with van der Waals surface area (Å²) < 4.78 is 9.97. The van der Waals surface area contributed by atoms with Crippen LogP contribution in [0, 0.1) is 6.92 Å². The zero-order valence-corrected chi connectivity index (χ0v) is 9.02. The lowest BCUT2D eigenvalue weighted by atomic mass is 9.83. The minimum absolute atomic E-state index is 0.186. The summed E-state index contributed by atoms with van der Waals surface area (Å²) in [5, 5.41) is 1.99. The summed E-state index contributed by atoms with van der Waals surface area (Å²) in [7, 11) is 1.42. The lowest BCUT2D eigenvalue weighted by molar-refractivity contribution is -0.166. The molecule has 1 aliphatic rings. The second-order valence-electron chi connectivity index (χ2n) is 3.50. The molecule has 3 nitrogen and oxygen atoms in total. The molecule has 2 heterocycles. The summed E-state index contributed by atoms with van der Waals surface area (Å²) in [6.45, 7) is 2.90. The van der Waals surface area contributed by atoms with E-state index in [1.165, 1.54) is 7.11 Å². The Kier molecular flexibility index (Phi) is 2.33. The molecule has 76 valence electrons. The number of carbonyl (C=O) groups is 1. The van der Waals surface area contributed by atoms with Gasteiger partial charge in [0.25, 0.3) is 0 Å². The Labute approximate surface area is 86.6 Å². The van der Waals surface area contributed by atoms with Crippen LogP contribution in [0.3, 0.4) is 0 Å². The van der Waals surface area contributed by atoms with E-state index in [0.717, 1.165) is 10.4 Å². The Morgan fingerprint density at radius 3 is 2.71 bits per heavy atom. The van der Waals surface area contributed by atoms with Gasteiger partial charge >= 0.3 is 5.97 Å². The second-order valence-corrected chi connectivity index (χ2v) is 4.42. The molecule has 2 rings (SSSR count). The van der Waals surface area contributed by atoms with Gasteiger partial charge in [-0.2, -0.15) is 0 Å². The lowest BCUT2D eigenvalue weighted by Gasteiger charge is -2.38. The fourth-order valence-electron chi connectivity index (χ4n) is 1.71. The maximum absolute atomic E-state index is 11.7. The third kappa shape index (κ3) is 1.18. The molecule has 4 heteroatoms. The van der Waals surface area contributed by atoms with Crippen LogP contribution >= 0.6 is 11.3 Å². The number of hydrogen-bond acceptors (Lipinski definition) is 4. The number of thiophene rings is 1. The predicted octanol–water partition coefficient (Wildman–Crippen LogP) is 1.50. The van der Waals surface area contributed by atoms with Crippen LogP contribution in [0.1, 0.15) is 10.4 Å². The number of rotatable bonds is 2. The summed E-state index contributed by atoms with van der Waals surface area (Å²) in [5.41, 5.74) is 0.621. The van der Waals surface area contributed by atoms with Crippen molar-refractivity contribution in [2.45, 2.75) is 12.3 Å². The first-order valence-corrected chi connectivity index (χ1v) is 5.29. The number of hydrogen-bond donors (Lipinski definition) is 0. The Morgan fingerprint density at radius 1 is 1.64 bits per heavy atom. The smallest absolute Gasteiger partial charge is 0.321 e. The highest BCUT2D eigenvalue weighted by Crippen LogP contribution is 2.38. The highest BCUT2D eigenvalue weighted by Gasteiger charge is 2.50. The lowest BCUT2D eigenvalue weighted by Crippen LogP contribution is -2.53. The quantitative estimate of drug-likeness (QED) is 0.697. The predicted molar refractivity (Wildman–Crippen MR) is 53.6 cm³/mol. The van der Waals surface area contributed by atoms with Gasteiger partial charge in [0.1, 0.15) is 5.41 Å². The van der Waals surface area contributed by atoms with Crippen LogP contribution in [-0.2, 0) is 19.7 Å². The minimum atomic E-state index is -0.521. The normalized spacial score (nSPS) is 18.7. The van der Waals surface area contributed by atoms with E-state index in [2.05, 4.69) is 0 Å². The Morgan fingerprint density at radius 2 is 2.36 bits per heavy atom. The topological polar surface area (TPSA) is 35.5 Å². The third-order valence-corrected chi connectivity index (χ3v) is 3.79. The number of ether oxygens (including phenoxy) is 2. The number of esters is 1. The minimum Gasteiger partial charge on any atom is -0.468 e. The third-order valence-electron chi connectivity index (χ3n) is 2.57. The van der Waals surface area contributed by atoms with Gasteiger partial charge < -0.3 is 9.47 Å².